The first-order chi connectivity index (χ1) is 14.6. The molecule has 0 spiro atoms. The van der Waals surface area contributed by atoms with Gasteiger partial charge in [-0.25, -0.2) is 4.79 Å². The van der Waals surface area contributed by atoms with Crippen LogP contribution >= 0.6 is 0 Å². The molecule has 2 atom stereocenters. The second kappa shape index (κ2) is 9.02. The zero-order valence-corrected chi connectivity index (χ0v) is 16.8. The van der Waals surface area contributed by atoms with Gasteiger partial charge in [0.2, 0.25) is 0 Å². The van der Waals surface area contributed by atoms with E-state index < -0.39 is 12.1 Å². The highest BCUT2D eigenvalue weighted by Crippen LogP contribution is 2.18. The third kappa shape index (κ3) is 4.64. The largest absolute Gasteiger partial charge is 0.387 e. The summed E-state index contributed by atoms with van der Waals surface area (Å²) in [4.78, 5) is 15.7. The highest BCUT2D eigenvalue weighted by atomic mass is 16.5. The van der Waals surface area contributed by atoms with E-state index in [1.54, 1.807) is 18.3 Å². The van der Waals surface area contributed by atoms with Crippen LogP contribution in [0.3, 0.4) is 0 Å². The number of aliphatic hydroxyl groups excluding tert-OH is 1. The number of nitrogens with zero attached hydrogens (tertiary/aromatic N) is 4. The van der Waals surface area contributed by atoms with E-state index in [1.807, 2.05) is 61.5 Å². The molecule has 1 aliphatic rings. The van der Waals surface area contributed by atoms with E-state index in [4.69, 9.17) is 4.74 Å². The minimum Gasteiger partial charge on any atom is -0.387 e. The lowest BCUT2D eigenvalue weighted by molar-refractivity contribution is 0.0564. The molecule has 7 nitrogen and oxygen atoms in total. The minimum absolute atomic E-state index is 0.163. The van der Waals surface area contributed by atoms with E-state index in [2.05, 4.69) is 10.2 Å². The summed E-state index contributed by atoms with van der Waals surface area (Å²) in [5, 5.41) is 18.5. The Morgan fingerprint density at radius 3 is 2.67 bits per heavy atom. The molecule has 3 aromatic rings. The van der Waals surface area contributed by atoms with Gasteiger partial charge in [-0.05, 0) is 12.5 Å². The molecule has 2 heterocycles. The maximum Gasteiger partial charge on any atom is 0.362 e. The lowest BCUT2D eigenvalue weighted by Crippen LogP contribution is -2.50. The molecule has 1 N–H and O–H groups in total. The summed E-state index contributed by atoms with van der Waals surface area (Å²) in [6.07, 6.45) is 4.32. The van der Waals surface area contributed by atoms with Gasteiger partial charge in [0, 0.05) is 5.56 Å². The third-order valence-electron chi connectivity index (χ3n) is 5.00. The summed E-state index contributed by atoms with van der Waals surface area (Å²) < 4.78 is 5.82. The first-order valence-electron chi connectivity index (χ1n) is 9.88. The Hall–Kier alpha value is -3.29. The number of benzene rings is 2. The predicted octanol–water partition coefficient (Wildman–Crippen LogP) is 3.04. The Balaban J connectivity index is 1.45. The highest BCUT2D eigenvalue weighted by molar-refractivity contribution is 5.76. The zero-order valence-electron chi connectivity index (χ0n) is 16.8. The van der Waals surface area contributed by atoms with Crippen LogP contribution in [0.15, 0.2) is 72.9 Å². The number of rotatable bonds is 5. The molecule has 1 amide bonds. The smallest absolute Gasteiger partial charge is 0.362 e. The van der Waals surface area contributed by atoms with Gasteiger partial charge in [0.15, 0.2) is 0 Å². The lowest BCUT2D eigenvalue weighted by Gasteiger charge is -2.33. The van der Waals surface area contributed by atoms with Crippen LogP contribution in [-0.2, 0) is 11.3 Å². The molecular formula is C23H24N4O3. The first-order valence-corrected chi connectivity index (χ1v) is 9.88. The van der Waals surface area contributed by atoms with E-state index >= 15 is 0 Å². The van der Waals surface area contributed by atoms with E-state index in [-0.39, 0.29) is 12.6 Å². The Morgan fingerprint density at radius 1 is 1.13 bits per heavy atom. The van der Waals surface area contributed by atoms with Crippen LogP contribution in [-0.4, -0.2) is 56.3 Å². The predicted molar refractivity (Wildman–Crippen MR) is 113 cm³/mol. The maximum atomic E-state index is 13.1. The van der Waals surface area contributed by atoms with Crippen LogP contribution in [0.25, 0.3) is 11.3 Å². The molecule has 1 aliphatic heterocycles. The fourth-order valence-corrected chi connectivity index (χ4v) is 3.32. The Bertz CT molecular complexity index is 1010. The average Bonchev–Trinajstić information content (AvgIpc) is 3.26. The van der Waals surface area contributed by atoms with E-state index in [9.17, 15) is 9.90 Å². The van der Waals surface area contributed by atoms with Crippen molar-refractivity contribution in [1.82, 2.24) is 19.9 Å². The number of hydrogen-bond donors (Lipinski definition) is 1. The molecule has 0 saturated heterocycles. The maximum absolute atomic E-state index is 13.1. The van der Waals surface area contributed by atoms with Crippen molar-refractivity contribution in [3.63, 3.8) is 0 Å². The monoisotopic (exact) mass is 404 g/mol. The van der Waals surface area contributed by atoms with Crippen LogP contribution in [0.1, 0.15) is 11.1 Å². The number of carbonyl (C=O) groups is 1. The van der Waals surface area contributed by atoms with Gasteiger partial charge < -0.3 is 14.7 Å². The van der Waals surface area contributed by atoms with E-state index in [0.717, 1.165) is 21.5 Å². The van der Waals surface area contributed by atoms with Crippen molar-refractivity contribution in [3.8, 4) is 11.3 Å². The molecule has 0 radical (unpaired) electrons. The summed E-state index contributed by atoms with van der Waals surface area (Å²) in [5.74, 6) is 0. The summed E-state index contributed by atoms with van der Waals surface area (Å²) >= 11 is 0. The topological polar surface area (TPSA) is 80.5 Å². The molecular weight excluding hydrogens is 380 g/mol. The van der Waals surface area contributed by atoms with Gasteiger partial charge in [0.25, 0.3) is 0 Å². The highest BCUT2D eigenvalue weighted by Gasteiger charge is 2.29. The molecule has 154 valence electrons. The van der Waals surface area contributed by atoms with Gasteiger partial charge in [-0.2, -0.15) is 5.10 Å². The number of carbonyl (C=O) groups excluding carboxylic acids is 1. The van der Waals surface area contributed by atoms with Crippen molar-refractivity contribution in [2.24, 2.45) is 0 Å². The van der Waals surface area contributed by atoms with Crippen molar-refractivity contribution in [3.05, 3.63) is 84.1 Å². The molecule has 0 unspecified atom stereocenters. The molecule has 0 aliphatic carbocycles. The Kier molecular flexibility index (Phi) is 6.02. The number of hydrogen-bond acceptors (Lipinski definition) is 5. The fraction of sp³-hybridized carbons (Fsp3) is 0.261. The van der Waals surface area contributed by atoms with Crippen LogP contribution in [0.4, 0.5) is 4.79 Å². The van der Waals surface area contributed by atoms with Crippen molar-refractivity contribution >= 4 is 6.03 Å². The van der Waals surface area contributed by atoms with Gasteiger partial charge in [-0.1, -0.05) is 77.1 Å². The zero-order chi connectivity index (χ0) is 20.9. The number of amides is 1. The van der Waals surface area contributed by atoms with Crippen molar-refractivity contribution in [2.75, 3.05) is 13.2 Å². The lowest BCUT2D eigenvalue weighted by atomic mass is 10.1. The standard InChI is InChI=1S/C23H24N4O3/c1-17-7-9-19(10-8-17)22-13-24-27(25-22)23(29)26-14-21(28)12-11-20(26)16-30-15-18-5-3-2-4-6-18/h2-13,20-21,28H,14-16H2,1H3/t20-,21-/m1/s1. The molecule has 0 saturated carbocycles. The fourth-order valence-electron chi connectivity index (χ4n) is 3.32. The van der Waals surface area contributed by atoms with Crippen LogP contribution < -0.4 is 0 Å². The van der Waals surface area contributed by atoms with E-state index in [0.29, 0.717) is 18.9 Å². The van der Waals surface area contributed by atoms with Crippen molar-refractivity contribution in [2.45, 2.75) is 25.7 Å². The number of ether oxygens (including phenoxy) is 1. The normalized spacial score (nSPS) is 18.5. The molecule has 0 bridgehead atoms. The van der Waals surface area contributed by atoms with Gasteiger partial charge >= 0.3 is 6.03 Å². The molecule has 1 aromatic heterocycles. The summed E-state index contributed by atoms with van der Waals surface area (Å²) in [6, 6.07) is 17.0. The first kappa shape index (κ1) is 20.0. The van der Waals surface area contributed by atoms with Crippen LogP contribution in [0, 0.1) is 6.92 Å². The Labute approximate surface area is 175 Å². The summed E-state index contributed by atoms with van der Waals surface area (Å²) in [6.45, 7) is 2.94. The van der Waals surface area contributed by atoms with Gasteiger partial charge in [-0.3, -0.25) is 0 Å². The minimum atomic E-state index is -0.730. The third-order valence-corrected chi connectivity index (χ3v) is 5.00. The van der Waals surface area contributed by atoms with Gasteiger partial charge in [0.05, 0.1) is 38.1 Å². The summed E-state index contributed by atoms with van der Waals surface area (Å²) in [7, 11) is 0. The van der Waals surface area contributed by atoms with Crippen molar-refractivity contribution in [1.29, 1.82) is 0 Å². The molecule has 2 aromatic carbocycles. The second-order valence-corrected chi connectivity index (χ2v) is 7.34. The Morgan fingerprint density at radius 2 is 1.90 bits per heavy atom. The molecule has 7 heteroatoms. The average molecular weight is 404 g/mol. The second-order valence-electron chi connectivity index (χ2n) is 7.34. The summed E-state index contributed by atoms with van der Waals surface area (Å²) in [5.41, 5.74) is 3.72. The van der Waals surface area contributed by atoms with Crippen LogP contribution in [0.2, 0.25) is 0 Å². The van der Waals surface area contributed by atoms with Gasteiger partial charge in [-0.15, -0.1) is 5.10 Å². The van der Waals surface area contributed by atoms with Gasteiger partial charge in [0.1, 0.15) is 5.69 Å². The van der Waals surface area contributed by atoms with Crippen molar-refractivity contribution < 1.29 is 14.6 Å². The van der Waals surface area contributed by atoms with Crippen LogP contribution in [0.5, 0.6) is 0 Å². The number of aromatic nitrogens is 3. The SMILES string of the molecule is Cc1ccc(-c2cnn(C(=O)N3C[C@H](O)C=C[C@@H]3COCc3ccccc3)n2)cc1. The number of β-amino-alcohol motifs (C(OH)–C–C–N with tert-alkyl or cyclic N) is 1. The quantitative estimate of drug-likeness (QED) is 0.661. The molecule has 0 fully saturated rings. The molecule has 30 heavy (non-hydrogen) atoms. The molecule has 4 rings (SSSR count). The van der Waals surface area contributed by atoms with E-state index in [1.165, 1.54) is 4.90 Å². The number of aliphatic hydroxyl groups is 1. The number of aryl methyl sites for hydroxylation is 1.